The van der Waals surface area contributed by atoms with Gasteiger partial charge in [-0.3, -0.25) is 0 Å². The molecule has 0 aliphatic carbocycles. The molecule has 13 rings (SSSR count). The summed E-state index contributed by atoms with van der Waals surface area (Å²) in [6.45, 7) is 0. The van der Waals surface area contributed by atoms with E-state index in [0.29, 0.717) is 0 Å². The lowest BCUT2D eigenvalue weighted by Gasteiger charge is -2.13. The first-order valence-electron chi connectivity index (χ1n) is 20.7. The molecule has 13 aromatic rings. The van der Waals surface area contributed by atoms with Crippen LogP contribution in [0.1, 0.15) is 0 Å². The van der Waals surface area contributed by atoms with Gasteiger partial charge in [0.05, 0.1) is 22.1 Å². The first-order valence-corrected chi connectivity index (χ1v) is 20.7. The monoisotopic (exact) mass is 760 g/mol. The molecule has 0 radical (unpaired) electrons. The third-order valence-corrected chi connectivity index (χ3v) is 12.7. The zero-order chi connectivity index (χ0) is 39.3. The smallest absolute Gasteiger partial charge is 0.0553 e. The fourth-order valence-corrected chi connectivity index (χ4v) is 10.1. The summed E-state index contributed by atoms with van der Waals surface area (Å²) in [5.74, 6) is 0. The van der Waals surface area contributed by atoms with Crippen LogP contribution in [0, 0.1) is 0 Å². The fraction of sp³-hybridized carbons (Fsp3) is 0. The Kier molecular flexibility index (Phi) is 7.05. The van der Waals surface area contributed by atoms with E-state index in [1.165, 1.54) is 115 Å². The lowest BCUT2D eigenvalue weighted by molar-refractivity contribution is 1.18. The van der Waals surface area contributed by atoms with Crippen LogP contribution in [0.5, 0.6) is 0 Å². The second-order valence-corrected chi connectivity index (χ2v) is 16.2. The van der Waals surface area contributed by atoms with Crippen molar-refractivity contribution in [3.05, 3.63) is 218 Å². The van der Waals surface area contributed by atoms with Crippen LogP contribution in [-0.2, 0) is 0 Å². The van der Waals surface area contributed by atoms with Crippen molar-refractivity contribution in [1.29, 1.82) is 0 Å². The zero-order valence-electron chi connectivity index (χ0n) is 32.7. The standard InChI is InChI=1S/C58H36N2/c1-5-14-37(15-6-1)43-31-44(38-16-7-2-8-17-38)33-45(32-43)46-28-41-26-27-42-30-48(36-54-58(42)57(41)53(34-46)60(54)50-21-11-4-12-22-50)47-29-40-25-24-39-18-13-23-51-55(39)56(40)52(35-47)59(51)49-19-9-3-10-20-49/h1-36H. The number of para-hydroxylation sites is 2. The van der Waals surface area contributed by atoms with Gasteiger partial charge < -0.3 is 9.13 Å². The summed E-state index contributed by atoms with van der Waals surface area (Å²) >= 11 is 0. The predicted molar refractivity (Wildman–Crippen MR) is 254 cm³/mol. The number of rotatable bonds is 6. The summed E-state index contributed by atoms with van der Waals surface area (Å²) in [5.41, 5.74) is 16.9. The van der Waals surface area contributed by atoms with E-state index in [1.54, 1.807) is 0 Å². The average molecular weight is 761 g/mol. The van der Waals surface area contributed by atoms with Crippen molar-refractivity contribution in [3.8, 4) is 55.9 Å². The molecule has 2 nitrogen and oxygen atoms in total. The Morgan fingerprint density at radius 3 is 0.967 bits per heavy atom. The second-order valence-electron chi connectivity index (χ2n) is 16.2. The third-order valence-electron chi connectivity index (χ3n) is 12.7. The number of nitrogens with zero attached hydrogens (tertiary/aromatic N) is 2. The molecule has 60 heavy (non-hydrogen) atoms. The average Bonchev–Trinajstić information content (AvgIpc) is 3.85. The molecular weight excluding hydrogens is 725 g/mol. The summed E-state index contributed by atoms with van der Waals surface area (Å²) in [6, 6.07) is 80.6. The summed E-state index contributed by atoms with van der Waals surface area (Å²) in [6.07, 6.45) is 0. The van der Waals surface area contributed by atoms with Crippen LogP contribution in [-0.4, -0.2) is 9.13 Å². The number of hydrogen-bond donors (Lipinski definition) is 0. The topological polar surface area (TPSA) is 9.86 Å². The molecule has 2 aromatic heterocycles. The molecule has 0 unspecified atom stereocenters. The van der Waals surface area contributed by atoms with Crippen LogP contribution in [0.15, 0.2) is 218 Å². The molecular formula is C58H36N2. The van der Waals surface area contributed by atoms with Gasteiger partial charge in [-0.15, -0.1) is 0 Å². The third kappa shape index (κ3) is 4.95. The molecule has 0 fully saturated rings. The second kappa shape index (κ2) is 12.8. The van der Waals surface area contributed by atoms with Crippen molar-refractivity contribution in [2.24, 2.45) is 0 Å². The molecule has 0 aliphatic rings. The van der Waals surface area contributed by atoms with Gasteiger partial charge in [0.25, 0.3) is 0 Å². The van der Waals surface area contributed by atoms with E-state index in [2.05, 4.69) is 228 Å². The Labute approximate surface area is 347 Å². The van der Waals surface area contributed by atoms with Gasteiger partial charge in [-0.2, -0.15) is 0 Å². The van der Waals surface area contributed by atoms with Crippen LogP contribution in [0.2, 0.25) is 0 Å². The maximum atomic E-state index is 2.49. The molecule has 11 aromatic carbocycles. The van der Waals surface area contributed by atoms with Crippen LogP contribution < -0.4 is 0 Å². The quantitative estimate of drug-likeness (QED) is 0.149. The van der Waals surface area contributed by atoms with Gasteiger partial charge in [0, 0.05) is 32.9 Å². The molecule has 278 valence electrons. The molecule has 2 heterocycles. The fourth-order valence-electron chi connectivity index (χ4n) is 10.1. The summed E-state index contributed by atoms with van der Waals surface area (Å²) in [4.78, 5) is 0. The highest BCUT2D eigenvalue weighted by Crippen LogP contribution is 2.46. The van der Waals surface area contributed by atoms with E-state index >= 15 is 0 Å². The predicted octanol–water partition coefficient (Wildman–Crippen LogP) is 15.7. The van der Waals surface area contributed by atoms with E-state index in [0.717, 1.165) is 5.69 Å². The number of aromatic nitrogens is 2. The molecule has 0 saturated carbocycles. The van der Waals surface area contributed by atoms with Crippen LogP contribution >= 0.6 is 0 Å². The minimum Gasteiger partial charge on any atom is -0.309 e. The largest absolute Gasteiger partial charge is 0.309 e. The summed E-state index contributed by atoms with van der Waals surface area (Å²) < 4.78 is 4.94. The highest BCUT2D eigenvalue weighted by Gasteiger charge is 2.22. The number of hydrogen-bond acceptors (Lipinski definition) is 0. The van der Waals surface area contributed by atoms with E-state index in [4.69, 9.17) is 0 Å². The molecule has 0 amide bonds. The van der Waals surface area contributed by atoms with Gasteiger partial charge in [0.15, 0.2) is 0 Å². The normalized spacial score (nSPS) is 12.0. The SMILES string of the molecule is c1ccc(-c2cc(-c3ccccc3)cc(-c3cc4ccc5cc(-c6cc7ccc8cccc9c8c7c(c6)n9-c6ccccc6)cc6c5c4c(c3)n6-c3ccccc3)c2)cc1. The van der Waals surface area contributed by atoms with Gasteiger partial charge in [0.1, 0.15) is 0 Å². The lowest BCUT2D eigenvalue weighted by atomic mass is 9.91. The maximum absolute atomic E-state index is 2.49. The van der Waals surface area contributed by atoms with Crippen LogP contribution in [0.25, 0.3) is 121 Å². The summed E-state index contributed by atoms with van der Waals surface area (Å²) in [7, 11) is 0. The first-order chi connectivity index (χ1) is 29.7. The maximum Gasteiger partial charge on any atom is 0.0553 e. The Balaban J connectivity index is 1.07. The molecule has 0 aliphatic heterocycles. The van der Waals surface area contributed by atoms with Crippen LogP contribution in [0.3, 0.4) is 0 Å². The van der Waals surface area contributed by atoms with Crippen molar-refractivity contribution >= 4 is 65.2 Å². The Hall–Kier alpha value is -7.94. The first kappa shape index (κ1) is 33.1. The van der Waals surface area contributed by atoms with Crippen molar-refractivity contribution in [2.45, 2.75) is 0 Å². The van der Waals surface area contributed by atoms with Gasteiger partial charge in [0.2, 0.25) is 0 Å². The number of benzene rings is 11. The minimum atomic E-state index is 1.15. The highest BCUT2D eigenvalue weighted by atomic mass is 15.0. The molecule has 2 heteroatoms. The van der Waals surface area contributed by atoms with Crippen molar-refractivity contribution in [1.82, 2.24) is 9.13 Å². The Bertz CT molecular complexity index is 3670. The molecule has 0 N–H and O–H groups in total. The van der Waals surface area contributed by atoms with Crippen molar-refractivity contribution in [2.75, 3.05) is 0 Å². The van der Waals surface area contributed by atoms with E-state index < -0.39 is 0 Å². The zero-order valence-corrected chi connectivity index (χ0v) is 32.7. The lowest BCUT2D eigenvalue weighted by Crippen LogP contribution is -1.94. The van der Waals surface area contributed by atoms with Gasteiger partial charge >= 0.3 is 0 Å². The van der Waals surface area contributed by atoms with E-state index in [1.807, 2.05) is 0 Å². The minimum absolute atomic E-state index is 1.15. The van der Waals surface area contributed by atoms with Gasteiger partial charge in [-0.1, -0.05) is 133 Å². The van der Waals surface area contributed by atoms with E-state index in [9.17, 15) is 0 Å². The molecule has 0 atom stereocenters. The molecule has 0 spiro atoms. The molecule has 0 bridgehead atoms. The molecule has 0 saturated heterocycles. The van der Waals surface area contributed by atoms with Gasteiger partial charge in [-0.05, 0) is 151 Å². The highest BCUT2D eigenvalue weighted by molar-refractivity contribution is 6.27. The Morgan fingerprint density at radius 2 is 0.533 bits per heavy atom. The van der Waals surface area contributed by atoms with Crippen molar-refractivity contribution in [3.63, 3.8) is 0 Å². The van der Waals surface area contributed by atoms with E-state index in [-0.39, 0.29) is 0 Å². The van der Waals surface area contributed by atoms with Crippen LogP contribution in [0.4, 0.5) is 0 Å². The van der Waals surface area contributed by atoms with Gasteiger partial charge in [-0.25, -0.2) is 0 Å². The Morgan fingerprint density at radius 1 is 0.200 bits per heavy atom. The summed E-state index contributed by atoms with van der Waals surface area (Å²) in [5, 5.41) is 10.3. The van der Waals surface area contributed by atoms with Crippen molar-refractivity contribution < 1.29 is 0 Å².